The van der Waals surface area contributed by atoms with E-state index in [-0.39, 0.29) is 56.4 Å². The standard InChI is InChI=1S/C8H11NO2S.K/c1-2-3-4-6-5-12-7(9-6)8(10)11;/h5H,2-4H2,1H3,(H,10,11);/q;+1/p-1. The molecule has 1 aromatic rings. The number of hydrogen-bond acceptors (Lipinski definition) is 4. The van der Waals surface area contributed by atoms with Crippen molar-refractivity contribution >= 4 is 17.3 Å². The SMILES string of the molecule is CCCCc1csc(C(=O)[O-])n1.[K+]. The van der Waals surface area contributed by atoms with Gasteiger partial charge >= 0.3 is 51.4 Å². The van der Waals surface area contributed by atoms with Gasteiger partial charge in [0.1, 0.15) is 11.0 Å². The molecule has 1 heterocycles. The average molecular weight is 223 g/mol. The van der Waals surface area contributed by atoms with Crippen LogP contribution < -0.4 is 56.5 Å². The minimum Gasteiger partial charge on any atom is -0.542 e. The molecule has 3 nitrogen and oxygen atoms in total. The number of nitrogens with zero attached hydrogens (tertiary/aromatic N) is 1. The van der Waals surface area contributed by atoms with Crippen molar-refractivity contribution in [2.24, 2.45) is 0 Å². The first-order valence-electron chi connectivity index (χ1n) is 3.89. The number of aryl methyl sites for hydroxylation is 1. The molecule has 0 atom stereocenters. The Morgan fingerprint density at radius 2 is 2.38 bits per heavy atom. The maximum Gasteiger partial charge on any atom is 1.00 e. The summed E-state index contributed by atoms with van der Waals surface area (Å²) < 4.78 is 0. The van der Waals surface area contributed by atoms with Crippen molar-refractivity contribution in [1.29, 1.82) is 0 Å². The first kappa shape index (κ1) is 13.7. The Bertz CT molecular complexity index is 275. The summed E-state index contributed by atoms with van der Waals surface area (Å²) in [5.41, 5.74) is 0.862. The maximum atomic E-state index is 10.3. The smallest absolute Gasteiger partial charge is 0.542 e. The number of aromatic carboxylic acids is 1. The van der Waals surface area contributed by atoms with E-state index in [0.717, 1.165) is 36.3 Å². The van der Waals surface area contributed by atoms with Crippen LogP contribution in [0.4, 0.5) is 0 Å². The normalized spacial score (nSPS) is 9.31. The van der Waals surface area contributed by atoms with Gasteiger partial charge in [0.15, 0.2) is 0 Å². The van der Waals surface area contributed by atoms with Crippen molar-refractivity contribution in [3.8, 4) is 0 Å². The number of aromatic nitrogens is 1. The Labute approximate surface area is 124 Å². The molecule has 0 aliphatic carbocycles. The van der Waals surface area contributed by atoms with Crippen molar-refractivity contribution in [3.05, 3.63) is 16.1 Å². The van der Waals surface area contributed by atoms with Crippen molar-refractivity contribution in [2.75, 3.05) is 0 Å². The third-order valence-corrected chi connectivity index (χ3v) is 2.38. The molecule has 0 bridgehead atoms. The van der Waals surface area contributed by atoms with Gasteiger partial charge in [0.25, 0.3) is 0 Å². The van der Waals surface area contributed by atoms with Crippen LogP contribution in [0.3, 0.4) is 0 Å². The molecule has 0 aliphatic rings. The molecule has 0 radical (unpaired) electrons. The molecular weight excluding hydrogens is 213 g/mol. The maximum absolute atomic E-state index is 10.3. The number of carbonyl (C=O) groups is 1. The Morgan fingerprint density at radius 1 is 1.69 bits per heavy atom. The van der Waals surface area contributed by atoms with Crippen molar-refractivity contribution in [3.63, 3.8) is 0 Å². The van der Waals surface area contributed by atoms with Gasteiger partial charge in [-0.05, 0) is 12.8 Å². The molecule has 13 heavy (non-hydrogen) atoms. The van der Waals surface area contributed by atoms with E-state index in [2.05, 4.69) is 11.9 Å². The van der Waals surface area contributed by atoms with Gasteiger partial charge in [-0.15, -0.1) is 11.3 Å². The summed E-state index contributed by atoms with van der Waals surface area (Å²) in [4.78, 5) is 14.2. The fourth-order valence-corrected chi connectivity index (χ4v) is 1.56. The van der Waals surface area contributed by atoms with Gasteiger partial charge in [-0.1, -0.05) is 13.3 Å². The summed E-state index contributed by atoms with van der Waals surface area (Å²) in [6.45, 7) is 2.09. The van der Waals surface area contributed by atoms with Gasteiger partial charge in [-0.25, -0.2) is 4.98 Å². The summed E-state index contributed by atoms with van der Waals surface area (Å²) in [7, 11) is 0. The van der Waals surface area contributed by atoms with Gasteiger partial charge in [0, 0.05) is 5.38 Å². The summed E-state index contributed by atoms with van der Waals surface area (Å²) in [5, 5.41) is 12.2. The Balaban J connectivity index is 0.00000144. The zero-order valence-corrected chi connectivity index (χ0v) is 11.8. The largest absolute Gasteiger partial charge is 1.00 e. The first-order chi connectivity index (χ1) is 5.74. The predicted octanol–water partition coefficient (Wildman–Crippen LogP) is -2.15. The number of hydrogen-bond donors (Lipinski definition) is 0. The number of unbranched alkanes of at least 4 members (excludes halogenated alkanes) is 1. The quantitative estimate of drug-likeness (QED) is 0.547. The molecule has 1 aromatic heterocycles. The van der Waals surface area contributed by atoms with E-state index in [0.29, 0.717) is 0 Å². The number of rotatable bonds is 4. The van der Waals surface area contributed by atoms with Crippen molar-refractivity contribution in [2.45, 2.75) is 26.2 Å². The summed E-state index contributed by atoms with van der Waals surface area (Å²) in [6.07, 6.45) is 3.01. The molecule has 5 heteroatoms. The third kappa shape index (κ3) is 4.67. The molecule has 0 unspecified atom stereocenters. The van der Waals surface area contributed by atoms with E-state index in [1.165, 1.54) is 0 Å². The van der Waals surface area contributed by atoms with Gasteiger partial charge in [-0.2, -0.15) is 0 Å². The van der Waals surface area contributed by atoms with Gasteiger partial charge in [-0.3, -0.25) is 0 Å². The van der Waals surface area contributed by atoms with Crippen LogP contribution in [0.15, 0.2) is 5.38 Å². The van der Waals surface area contributed by atoms with Gasteiger partial charge in [0.2, 0.25) is 0 Å². The molecule has 0 fully saturated rings. The molecular formula is C8H10KNO2S. The van der Waals surface area contributed by atoms with Crippen LogP contribution in [0.1, 0.15) is 35.3 Å². The average Bonchev–Trinajstić information content (AvgIpc) is 2.48. The first-order valence-corrected chi connectivity index (χ1v) is 4.77. The third-order valence-electron chi connectivity index (χ3n) is 1.51. The molecule has 0 aliphatic heterocycles. The molecule has 0 amide bonds. The van der Waals surface area contributed by atoms with E-state index in [9.17, 15) is 9.90 Å². The molecule has 66 valence electrons. The van der Waals surface area contributed by atoms with Crippen LogP contribution >= 0.6 is 11.3 Å². The van der Waals surface area contributed by atoms with Crippen LogP contribution in [0.2, 0.25) is 0 Å². The second kappa shape index (κ2) is 7.08. The molecule has 0 spiro atoms. The topological polar surface area (TPSA) is 53.0 Å². The van der Waals surface area contributed by atoms with Crippen LogP contribution in [-0.4, -0.2) is 11.0 Å². The Hall–Kier alpha value is 0.736. The zero-order chi connectivity index (χ0) is 8.97. The Kier molecular flexibility index (Phi) is 7.49. The summed E-state index contributed by atoms with van der Waals surface area (Å²) >= 11 is 1.13. The zero-order valence-electron chi connectivity index (χ0n) is 7.87. The van der Waals surface area contributed by atoms with Crippen molar-refractivity contribution < 1.29 is 61.3 Å². The second-order valence-electron chi connectivity index (χ2n) is 2.54. The predicted molar refractivity (Wildman–Crippen MR) is 45.1 cm³/mol. The fraction of sp³-hybridized carbons (Fsp3) is 0.500. The number of carboxylic acids is 1. The minimum absolute atomic E-state index is 0. The van der Waals surface area contributed by atoms with Crippen LogP contribution in [0.25, 0.3) is 0 Å². The summed E-state index contributed by atoms with van der Waals surface area (Å²) in [5.74, 6) is -1.18. The molecule has 0 aromatic carbocycles. The van der Waals surface area contributed by atoms with Crippen molar-refractivity contribution in [1.82, 2.24) is 4.98 Å². The second-order valence-corrected chi connectivity index (χ2v) is 3.39. The monoisotopic (exact) mass is 223 g/mol. The van der Waals surface area contributed by atoms with Crippen LogP contribution in [0.5, 0.6) is 0 Å². The molecule has 0 saturated carbocycles. The fourth-order valence-electron chi connectivity index (χ4n) is 0.873. The minimum atomic E-state index is -1.18. The number of thiazole rings is 1. The van der Waals surface area contributed by atoms with E-state index in [4.69, 9.17) is 0 Å². The Morgan fingerprint density at radius 3 is 2.85 bits per heavy atom. The van der Waals surface area contributed by atoms with E-state index in [1.807, 2.05) is 0 Å². The van der Waals surface area contributed by atoms with Crippen LogP contribution in [0, 0.1) is 0 Å². The van der Waals surface area contributed by atoms with Gasteiger partial charge < -0.3 is 9.90 Å². The summed E-state index contributed by atoms with van der Waals surface area (Å²) in [6, 6.07) is 0. The molecule has 1 rings (SSSR count). The number of carbonyl (C=O) groups excluding carboxylic acids is 1. The van der Waals surface area contributed by atoms with Gasteiger partial charge in [0.05, 0.1) is 5.69 Å². The van der Waals surface area contributed by atoms with E-state index < -0.39 is 5.97 Å². The van der Waals surface area contributed by atoms with E-state index in [1.54, 1.807) is 5.38 Å². The van der Waals surface area contributed by atoms with E-state index >= 15 is 0 Å². The molecule has 0 N–H and O–H groups in total. The van der Waals surface area contributed by atoms with Crippen LogP contribution in [-0.2, 0) is 6.42 Å². The number of carboxylic acid groups (broad SMARTS) is 1. The molecule has 0 saturated heterocycles.